The predicted molar refractivity (Wildman–Crippen MR) is 157 cm³/mol. The number of carbonyl (C=O) groups is 1. The van der Waals surface area contributed by atoms with Gasteiger partial charge in [0, 0.05) is 13.0 Å². The molecule has 232 valence electrons. The molecule has 2 atom stereocenters. The normalized spacial score (nSPS) is 14.5. The van der Waals surface area contributed by atoms with Gasteiger partial charge in [-0.3, -0.25) is 9.36 Å². The Morgan fingerprint density at radius 1 is 0.769 bits per heavy atom. The molecule has 0 amide bonds. The Morgan fingerprint density at radius 3 is 1.90 bits per heavy atom. The third-order valence-corrected chi connectivity index (χ3v) is 7.25. The summed E-state index contributed by atoms with van der Waals surface area (Å²) in [6.07, 6.45) is 22.3. The van der Waals surface area contributed by atoms with Gasteiger partial charge in [0.05, 0.1) is 34.4 Å². The molecule has 9 heteroatoms. The van der Waals surface area contributed by atoms with E-state index in [2.05, 4.69) is 19.1 Å². The molecule has 2 unspecified atom stereocenters. The summed E-state index contributed by atoms with van der Waals surface area (Å²) in [5, 5.41) is 0. The van der Waals surface area contributed by atoms with Gasteiger partial charge in [0.2, 0.25) is 0 Å². The maximum Gasteiger partial charge on any atom is 0.306 e. The van der Waals surface area contributed by atoms with E-state index in [4.69, 9.17) is 18.5 Å². The molecule has 0 saturated heterocycles. The van der Waals surface area contributed by atoms with Crippen molar-refractivity contribution in [3.63, 3.8) is 0 Å². The Labute approximate surface area is 240 Å². The second-order valence-electron chi connectivity index (χ2n) is 11.5. The minimum absolute atomic E-state index is 0.0248. The summed E-state index contributed by atoms with van der Waals surface area (Å²) in [7, 11) is 1.35. The first-order valence-corrected chi connectivity index (χ1v) is 16.9. The van der Waals surface area contributed by atoms with Crippen molar-refractivity contribution in [3.05, 3.63) is 12.2 Å². The van der Waals surface area contributed by atoms with Gasteiger partial charge in [0.1, 0.15) is 19.3 Å². The van der Waals surface area contributed by atoms with Crippen LogP contribution in [-0.2, 0) is 27.9 Å². The number of esters is 1. The highest BCUT2D eigenvalue weighted by atomic mass is 31.2. The van der Waals surface area contributed by atoms with E-state index < -0.39 is 19.9 Å². The maximum absolute atomic E-state index is 12.1. The Morgan fingerprint density at radius 2 is 1.33 bits per heavy atom. The van der Waals surface area contributed by atoms with E-state index in [1.54, 1.807) is 0 Å². The number of ether oxygens (including phenoxy) is 2. The van der Waals surface area contributed by atoms with Crippen molar-refractivity contribution < 1.29 is 37.3 Å². The van der Waals surface area contributed by atoms with Gasteiger partial charge >= 0.3 is 5.97 Å². The zero-order valence-electron chi connectivity index (χ0n) is 25.8. The summed E-state index contributed by atoms with van der Waals surface area (Å²) in [5.74, 6) is -0.390. The SMILES string of the molecule is CCCCCCCC/C=C\CCCCCCCCOCC(COP(=O)([O-])OCC[N+](C)(C)C)OC(=O)CCC. The summed E-state index contributed by atoms with van der Waals surface area (Å²) in [6.45, 7) is 5.00. The second-order valence-corrected chi connectivity index (χ2v) is 12.9. The van der Waals surface area contributed by atoms with E-state index in [1.165, 1.54) is 77.0 Å². The van der Waals surface area contributed by atoms with Crippen molar-refractivity contribution >= 4 is 13.8 Å². The Bertz CT molecular complexity index is 652. The number of rotatable bonds is 28. The first-order valence-electron chi connectivity index (χ1n) is 15.4. The molecule has 0 radical (unpaired) electrons. The van der Waals surface area contributed by atoms with Crippen molar-refractivity contribution in [1.82, 2.24) is 0 Å². The van der Waals surface area contributed by atoms with Crippen LogP contribution in [0.1, 0.15) is 117 Å². The number of likely N-dealkylation sites (N-methyl/N-ethyl adjacent to an activating group) is 1. The van der Waals surface area contributed by atoms with Crippen LogP contribution in [0.15, 0.2) is 12.2 Å². The third kappa shape index (κ3) is 28.6. The first kappa shape index (κ1) is 38.2. The zero-order chi connectivity index (χ0) is 29.2. The molecule has 8 nitrogen and oxygen atoms in total. The van der Waals surface area contributed by atoms with Gasteiger partial charge in [0.15, 0.2) is 0 Å². The van der Waals surface area contributed by atoms with Crippen LogP contribution >= 0.6 is 7.82 Å². The summed E-state index contributed by atoms with van der Waals surface area (Å²) < 4.78 is 33.6. The van der Waals surface area contributed by atoms with Crippen LogP contribution in [0.25, 0.3) is 0 Å². The van der Waals surface area contributed by atoms with Gasteiger partial charge in [-0.25, -0.2) is 0 Å². The molecule has 0 N–H and O–H groups in total. The molecule has 0 aromatic carbocycles. The lowest BCUT2D eigenvalue weighted by Crippen LogP contribution is -2.37. The molecule has 0 rings (SSSR count). The van der Waals surface area contributed by atoms with E-state index in [-0.39, 0.29) is 26.2 Å². The fourth-order valence-electron chi connectivity index (χ4n) is 3.87. The first-order chi connectivity index (χ1) is 18.6. The van der Waals surface area contributed by atoms with Gasteiger partial charge in [-0.1, -0.05) is 83.8 Å². The van der Waals surface area contributed by atoms with E-state index in [0.717, 1.165) is 12.8 Å². The molecule has 0 heterocycles. The summed E-state index contributed by atoms with van der Waals surface area (Å²) in [5.41, 5.74) is 0. The molecule has 0 aromatic rings. The Hall–Kier alpha value is -0.760. The van der Waals surface area contributed by atoms with Gasteiger partial charge in [0.25, 0.3) is 7.82 Å². The standard InChI is InChI=1S/C30H60NO7P/c1-6-8-9-10-11-12-13-14-15-16-17-18-19-20-21-22-25-35-27-29(38-30(32)23-7-2)28-37-39(33,34)36-26-24-31(3,4)5/h14-15,29H,6-13,16-28H2,1-5H3/b15-14-. The fourth-order valence-corrected chi connectivity index (χ4v) is 4.60. The van der Waals surface area contributed by atoms with Crippen molar-refractivity contribution in [3.8, 4) is 0 Å². The number of nitrogens with zero attached hydrogens (tertiary/aromatic N) is 1. The lowest BCUT2D eigenvalue weighted by Gasteiger charge is -2.28. The lowest BCUT2D eigenvalue weighted by atomic mass is 10.1. The average Bonchev–Trinajstić information content (AvgIpc) is 2.85. The minimum atomic E-state index is -4.48. The van der Waals surface area contributed by atoms with Crippen LogP contribution in [0, 0.1) is 0 Å². The highest BCUT2D eigenvalue weighted by molar-refractivity contribution is 7.45. The molecule has 0 aliphatic heterocycles. The van der Waals surface area contributed by atoms with Gasteiger partial charge in [-0.2, -0.15) is 0 Å². The largest absolute Gasteiger partial charge is 0.756 e. The number of quaternary nitrogens is 1. The van der Waals surface area contributed by atoms with E-state index >= 15 is 0 Å². The number of hydrogen-bond acceptors (Lipinski definition) is 7. The topological polar surface area (TPSA) is 94.1 Å². The van der Waals surface area contributed by atoms with Crippen LogP contribution in [0.4, 0.5) is 0 Å². The monoisotopic (exact) mass is 577 g/mol. The quantitative estimate of drug-likeness (QED) is 0.0326. The third-order valence-electron chi connectivity index (χ3n) is 6.29. The van der Waals surface area contributed by atoms with Gasteiger partial charge in [-0.05, 0) is 38.5 Å². The molecule has 0 aliphatic carbocycles. The molecule has 0 spiro atoms. The zero-order valence-corrected chi connectivity index (χ0v) is 26.7. The molecule has 0 saturated carbocycles. The number of phosphoric ester groups is 1. The van der Waals surface area contributed by atoms with Crippen molar-refractivity contribution in [2.45, 2.75) is 123 Å². The van der Waals surface area contributed by atoms with E-state index in [0.29, 0.717) is 24.1 Å². The molecule has 0 aliphatic rings. The smallest absolute Gasteiger partial charge is 0.306 e. The van der Waals surface area contributed by atoms with Gasteiger partial charge in [-0.15, -0.1) is 0 Å². The number of phosphoric acid groups is 1. The minimum Gasteiger partial charge on any atom is -0.756 e. The number of carbonyl (C=O) groups excluding carboxylic acids is 1. The van der Waals surface area contributed by atoms with Crippen LogP contribution < -0.4 is 4.89 Å². The Balaban J connectivity index is 3.95. The summed E-state index contributed by atoms with van der Waals surface area (Å²) >= 11 is 0. The molecule has 39 heavy (non-hydrogen) atoms. The van der Waals surface area contributed by atoms with Gasteiger partial charge < -0.3 is 27.9 Å². The predicted octanol–water partition coefficient (Wildman–Crippen LogP) is 6.96. The number of allylic oxidation sites excluding steroid dienone is 2. The van der Waals surface area contributed by atoms with Crippen molar-refractivity contribution in [2.24, 2.45) is 0 Å². The van der Waals surface area contributed by atoms with Crippen molar-refractivity contribution in [1.29, 1.82) is 0 Å². The highest BCUT2D eigenvalue weighted by Gasteiger charge is 2.20. The second kappa shape index (κ2) is 25.0. The van der Waals surface area contributed by atoms with Crippen LogP contribution in [0.5, 0.6) is 0 Å². The average molecular weight is 578 g/mol. The fraction of sp³-hybridized carbons (Fsp3) is 0.900. The summed E-state index contributed by atoms with van der Waals surface area (Å²) in [6, 6.07) is 0. The summed E-state index contributed by atoms with van der Waals surface area (Å²) in [4.78, 5) is 24.0. The molecule has 0 aromatic heterocycles. The molecule has 0 fully saturated rings. The van der Waals surface area contributed by atoms with Crippen LogP contribution in [0.2, 0.25) is 0 Å². The molecular formula is C30H60NO7P. The lowest BCUT2D eigenvalue weighted by molar-refractivity contribution is -0.870. The van der Waals surface area contributed by atoms with E-state index in [1.807, 2.05) is 28.1 Å². The molecule has 0 bridgehead atoms. The highest BCUT2D eigenvalue weighted by Crippen LogP contribution is 2.38. The van der Waals surface area contributed by atoms with E-state index in [9.17, 15) is 14.3 Å². The Kier molecular flexibility index (Phi) is 24.5. The number of unbranched alkanes of at least 4 members (excludes halogenated alkanes) is 12. The number of hydrogen-bond donors (Lipinski definition) is 0. The van der Waals surface area contributed by atoms with Crippen LogP contribution in [0.3, 0.4) is 0 Å². The van der Waals surface area contributed by atoms with Crippen LogP contribution in [-0.4, -0.2) is 70.7 Å². The maximum atomic E-state index is 12.1. The van der Waals surface area contributed by atoms with Crippen molar-refractivity contribution in [2.75, 3.05) is 54.1 Å². The molecular weight excluding hydrogens is 517 g/mol.